The standard InChI is InChI=1S/C29H29N3O5/c1-31(19-27(33)30-23-8-10-24(11-9-23)32-13-15-36-16-14-32)28(34)21-7-12-25-22(17-21)18-26(37-29(25)35)20-5-3-2-4-6-20/h2-12,17,26H,13-16,18-19H2,1H3,(H,30,33). The third-order valence-corrected chi connectivity index (χ3v) is 6.65. The lowest BCUT2D eigenvalue weighted by Crippen LogP contribution is -2.36. The van der Waals surface area contributed by atoms with Gasteiger partial charge in [-0.15, -0.1) is 0 Å². The molecule has 1 saturated heterocycles. The number of nitrogens with zero attached hydrogens (tertiary/aromatic N) is 2. The lowest BCUT2D eigenvalue weighted by Gasteiger charge is -2.29. The number of carbonyl (C=O) groups excluding carboxylic acids is 3. The highest BCUT2D eigenvalue weighted by Gasteiger charge is 2.28. The molecule has 2 aliphatic heterocycles. The van der Waals surface area contributed by atoms with Crippen LogP contribution in [0.2, 0.25) is 0 Å². The maximum Gasteiger partial charge on any atom is 0.339 e. The number of amides is 2. The number of fused-ring (bicyclic) bond motifs is 1. The summed E-state index contributed by atoms with van der Waals surface area (Å²) in [7, 11) is 1.59. The zero-order chi connectivity index (χ0) is 25.8. The number of hydrogen-bond acceptors (Lipinski definition) is 6. The number of anilines is 2. The van der Waals surface area contributed by atoms with Crippen LogP contribution in [0, 0.1) is 0 Å². The van der Waals surface area contributed by atoms with E-state index >= 15 is 0 Å². The SMILES string of the molecule is CN(CC(=O)Nc1ccc(N2CCOCC2)cc1)C(=O)c1ccc2c(c1)CC(c1ccccc1)OC2=O. The van der Waals surface area contributed by atoms with Crippen molar-refractivity contribution in [2.75, 3.05) is 50.1 Å². The first-order chi connectivity index (χ1) is 18.0. The van der Waals surface area contributed by atoms with Gasteiger partial charge in [0.05, 0.1) is 25.3 Å². The largest absolute Gasteiger partial charge is 0.454 e. The fraction of sp³-hybridized carbons (Fsp3) is 0.276. The van der Waals surface area contributed by atoms with E-state index < -0.39 is 12.1 Å². The summed E-state index contributed by atoms with van der Waals surface area (Å²) in [5.74, 6) is -0.988. The topological polar surface area (TPSA) is 88.2 Å². The Morgan fingerprint density at radius 3 is 2.46 bits per heavy atom. The van der Waals surface area contributed by atoms with Crippen molar-refractivity contribution in [1.29, 1.82) is 0 Å². The van der Waals surface area contributed by atoms with Crippen molar-refractivity contribution in [3.05, 3.63) is 95.1 Å². The van der Waals surface area contributed by atoms with Gasteiger partial charge >= 0.3 is 5.97 Å². The van der Waals surface area contributed by atoms with Crippen LogP contribution < -0.4 is 10.2 Å². The number of rotatable bonds is 6. The minimum Gasteiger partial charge on any atom is -0.454 e. The Bertz CT molecular complexity index is 1290. The zero-order valence-electron chi connectivity index (χ0n) is 20.7. The quantitative estimate of drug-likeness (QED) is 0.521. The Balaban J connectivity index is 1.21. The van der Waals surface area contributed by atoms with Crippen molar-refractivity contribution in [3.63, 3.8) is 0 Å². The Morgan fingerprint density at radius 2 is 1.73 bits per heavy atom. The number of benzene rings is 3. The molecule has 1 unspecified atom stereocenters. The van der Waals surface area contributed by atoms with Gasteiger partial charge in [-0.3, -0.25) is 9.59 Å². The van der Waals surface area contributed by atoms with Gasteiger partial charge in [-0.25, -0.2) is 4.79 Å². The molecule has 0 saturated carbocycles. The molecule has 2 aliphatic rings. The fourth-order valence-electron chi connectivity index (χ4n) is 4.67. The van der Waals surface area contributed by atoms with E-state index in [1.54, 1.807) is 25.2 Å². The second-order valence-electron chi connectivity index (χ2n) is 9.24. The average molecular weight is 500 g/mol. The molecule has 1 fully saturated rings. The Hall–Kier alpha value is -4.17. The maximum absolute atomic E-state index is 13.1. The van der Waals surface area contributed by atoms with E-state index in [1.807, 2.05) is 54.6 Å². The summed E-state index contributed by atoms with van der Waals surface area (Å²) in [4.78, 5) is 41.9. The molecule has 8 nitrogen and oxygen atoms in total. The summed E-state index contributed by atoms with van der Waals surface area (Å²) in [6, 6.07) is 22.1. The van der Waals surface area contributed by atoms with Crippen LogP contribution in [-0.4, -0.2) is 62.6 Å². The van der Waals surface area contributed by atoms with Crippen LogP contribution in [0.15, 0.2) is 72.8 Å². The summed E-state index contributed by atoms with van der Waals surface area (Å²) in [6.07, 6.45) is 0.0846. The van der Waals surface area contributed by atoms with E-state index in [9.17, 15) is 14.4 Å². The molecule has 0 radical (unpaired) electrons. The molecule has 190 valence electrons. The fourth-order valence-corrected chi connectivity index (χ4v) is 4.67. The summed E-state index contributed by atoms with van der Waals surface area (Å²) in [6.45, 7) is 3.00. The molecule has 5 rings (SSSR count). The van der Waals surface area contributed by atoms with Crippen molar-refractivity contribution in [3.8, 4) is 0 Å². The number of carbonyl (C=O) groups is 3. The lowest BCUT2D eigenvalue weighted by molar-refractivity contribution is -0.116. The zero-order valence-corrected chi connectivity index (χ0v) is 20.7. The van der Waals surface area contributed by atoms with Gasteiger partial charge in [0, 0.05) is 43.5 Å². The van der Waals surface area contributed by atoms with Gasteiger partial charge in [-0.2, -0.15) is 0 Å². The predicted octanol–water partition coefficient (Wildman–Crippen LogP) is 3.69. The second-order valence-corrected chi connectivity index (χ2v) is 9.24. The van der Waals surface area contributed by atoms with Crippen molar-refractivity contribution < 1.29 is 23.9 Å². The van der Waals surface area contributed by atoms with Crippen LogP contribution in [-0.2, 0) is 20.7 Å². The number of hydrogen-bond donors (Lipinski definition) is 1. The van der Waals surface area contributed by atoms with E-state index in [2.05, 4.69) is 10.2 Å². The molecule has 3 aromatic rings. The molecule has 0 aliphatic carbocycles. The Morgan fingerprint density at radius 1 is 1.00 bits per heavy atom. The van der Waals surface area contributed by atoms with Gasteiger partial charge in [0.15, 0.2) is 0 Å². The van der Waals surface area contributed by atoms with E-state index in [1.165, 1.54) is 4.90 Å². The molecule has 8 heteroatoms. The molecular weight excluding hydrogens is 470 g/mol. The summed E-state index contributed by atoms with van der Waals surface area (Å²) >= 11 is 0. The van der Waals surface area contributed by atoms with E-state index in [0.29, 0.717) is 36.4 Å². The summed E-state index contributed by atoms with van der Waals surface area (Å²) < 4.78 is 11.0. The van der Waals surface area contributed by atoms with Gasteiger partial charge in [-0.05, 0) is 53.6 Å². The van der Waals surface area contributed by atoms with Crippen LogP contribution in [0.5, 0.6) is 0 Å². The average Bonchev–Trinajstić information content (AvgIpc) is 2.93. The number of esters is 1. The van der Waals surface area contributed by atoms with Gasteiger partial charge in [0.2, 0.25) is 5.91 Å². The highest BCUT2D eigenvalue weighted by atomic mass is 16.5. The van der Waals surface area contributed by atoms with Crippen LogP contribution >= 0.6 is 0 Å². The molecule has 0 aromatic heterocycles. The summed E-state index contributed by atoms with van der Waals surface area (Å²) in [5.41, 5.74) is 4.30. The highest BCUT2D eigenvalue weighted by Crippen LogP contribution is 2.31. The molecule has 3 aromatic carbocycles. The molecule has 1 N–H and O–H groups in total. The molecule has 37 heavy (non-hydrogen) atoms. The van der Waals surface area contributed by atoms with Gasteiger partial charge in [-0.1, -0.05) is 30.3 Å². The Kier molecular flexibility index (Phi) is 7.18. The maximum atomic E-state index is 13.1. The highest BCUT2D eigenvalue weighted by molar-refractivity contribution is 6.00. The number of ether oxygens (including phenoxy) is 2. The summed E-state index contributed by atoms with van der Waals surface area (Å²) in [5, 5.41) is 2.85. The predicted molar refractivity (Wildman–Crippen MR) is 140 cm³/mol. The van der Waals surface area contributed by atoms with Crippen LogP contribution in [0.25, 0.3) is 0 Å². The van der Waals surface area contributed by atoms with Crippen LogP contribution in [0.1, 0.15) is 37.9 Å². The van der Waals surface area contributed by atoms with Crippen molar-refractivity contribution >= 4 is 29.2 Å². The molecule has 0 bridgehead atoms. The van der Waals surface area contributed by atoms with Crippen LogP contribution in [0.3, 0.4) is 0 Å². The second kappa shape index (κ2) is 10.8. The smallest absolute Gasteiger partial charge is 0.339 e. The number of nitrogens with one attached hydrogen (secondary N) is 1. The first-order valence-electron chi connectivity index (χ1n) is 12.3. The van der Waals surface area contributed by atoms with E-state index in [0.717, 1.165) is 29.9 Å². The molecule has 1 atom stereocenters. The first-order valence-corrected chi connectivity index (χ1v) is 12.3. The van der Waals surface area contributed by atoms with Gasteiger partial charge in [0.1, 0.15) is 6.10 Å². The molecule has 0 spiro atoms. The van der Waals surface area contributed by atoms with Crippen molar-refractivity contribution in [1.82, 2.24) is 4.90 Å². The van der Waals surface area contributed by atoms with Crippen molar-refractivity contribution in [2.45, 2.75) is 12.5 Å². The number of morpholine rings is 1. The third-order valence-electron chi connectivity index (χ3n) is 6.65. The third kappa shape index (κ3) is 5.65. The molecular formula is C29H29N3O5. The first kappa shape index (κ1) is 24.5. The van der Waals surface area contributed by atoms with E-state index in [4.69, 9.17) is 9.47 Å². The molecule has 2 amide bonds. The van der Waals surface area contributed by atoms with E-state index in [-0.39, 0.29) is 18.4 Å². The minimum absolute atomic E-state index is 0.101. The van der Waals surface area contributed by atoms with Crippen molar-refractivity contribution in [2.24, 2.45) is 0 Å². The van der Waals surface area contributed by atoms with Crippen LogP contribution in [0.4, 0.5) is 11.4 Å². The number of likely N-dealkylation sites (N-methyl/N-ethyl adjacent to an activating group) is 1. The Labute approximate surface area is 215 Å². The number of cyclic esters (lactones) is 1. The lowest BCUT2D eigenvalue weighted by atomic mass is 9.93. The molecule has 2 heterocycles. The monoisotopic (exact) mass is 499 g/mol. The minimum atomic E-state index is -0.401. The van der Waals surface area contributed by atoms with Gasteiger partial charge < -0.3 is 24.6 Å². The normalized spacial score (nSPS) is 16.9. The van der Waals surface area contributed by atoms with Gasteiger partial charge in [0.25, 0.3) is 5.91 Å².